The van der Waals surface area contributed by atoms with Crippen molar-refractivity contribution in [2.45, 2.75) is 12.5 Å². The highest BCUT2D eigenvalue weighted by molar-refractivity contribution is 5.95. The summed E-state index contributed by atoms with van der Waals surface area (Å²) >= 11 is 0. The predicted octanol–water partition coefficient (Wildman–Crippen LogP) is -0.459. The van der Waals surface area contributed by atoms with Crippen LogP contribution in [0.3, 0.4) is 0 Å². The molecule has 1 fully saturated rings. The van der Waals surface area contributed by atoms with Gasteiger partial charge in [0.15, 0.2) is 5.82 Å². The lowest BCUT2D eigenvalue weighted by Crippen LogP contribution is -2.28. The van der Waals surface area contributed by atoms with Crippen LogP contribution in [0.15, 0.2) is 18.6 Å². The van der Waals surface area contributed by atoms with Crippen molar-refractivity contribution in [2.24, 2.45) is 5.73 Å². The van der Waals surface area contributed by atoms with Crippen molar-refractivity contribution in [1.82, 2.24) is 9.97 Å². The first kappa shape index (κ1) is 8.12. The van der Waals surface area contributed by atoms with Crippen molar-refractivity contribution in [3.8, 4) is 0 Å². The third-order valence-electron chi connectivity index (χ3n) is 1.98. The highest BCUT2D eigenvalue weighted by Crippen LogP contribution is 2.16. The average molecular weight is 178 g/mol. The molecule has 0 aromatic carbocycles. The summed E-state index contributed by atoms with van der Waals surface area (Å²) in [6.45, 7) is 0.539. The molecule has 1 amide bonds. The Kier molecular flexibility index (Phi) is 1.94. The van der Waals surface area contributed by atoms with E-state index in [9.17, 15) is 4.79 Å². The molecule has 5 heteroatoms. The topological polar surface area (TPSA) is 72.1 Å². The van der Waals surface area contributed by atoms with Crippen LogP contribution >= 0.6 is 0 Å². The molecule has 1 atom stereocenters. The number of anilines is 1. The molecule has 13 heavy (non-hydrogen) atoms. The van der Waals surface area contributed by atoms with Crippen LogP contribution in [0.1, 0.15) is 6.42 Å². The van der Waals surface area contributed by atoms with Crippen LogP contribution in [0.2, 0.25) is 0 Å². The number of rotatable bonds is 1. The number of hydrogen-bond donors (Lipinski definition) is 1. The maximum atomic E-state index is 11.4. The molecule has 1 aliphatic heterocycles. The number of carbonyl (C=O) groups is 1. The molecule has 1 aromatic rings. The van der Waals surface area contributed by atoms with Gasteiger partial charge in [0, 0.05) is 31.4 Å². The van der Waals surface area contributed by atoms with Gasteiger partial charge in [-0.3, -0.25) is 14.7 Å². The first-order chi connectivity index (χ1) is 6.27. The Bertz CT molecular complexity index is 313. The Balaban J connectivity index is 2.23. The Morgan fingerprint density at radius 3 is 2.92 bits per heavy atom. The molecule has 2 heterocycles. The van der Waals surface area contributed by atoms with E-state index >= 15 is 0 Å². The largest absolute Gasteiger partial charge is 0.326 e. The Hall–Kier alpha value is -1.49. The number of amides is 1. The van der Waals surface area contributed by atoms with Crippen molar-refractivity contribution in [3.05, 3.63) is 18.6 Å². The number of nitrogens with two attached hydrogens (primary N) is 1. The van der Waals surface area contributed by atoms with Gasteiger partial charge in [0.1, 0.15) is 0 Å². The monoisotopic (exact) mass is 178 g/mol. The Labute approximate surface area is 75.6 Å². The summed E-state index contributed by atoms with van der Waals surface area (Å²) in [6.07, 6.45) is 5.10. The summed E-state index contributed by atoms with van der Waals surface area (Å²) in [6, 6.07) is -0.0745. The molecular weight excluding hydrogens is 168 g/mol. The van der Waals surface area contributed by atoms with Crippen molar-refractivity contribution < 1.29 is 4.79 Å². The van der Waals surface area contributed by atoms with Crippen LogP contribution in [-0.4, -0.2) is 28.5 Å². The number of aromatic nitrogens is 2. The van der Waals surface area contributed by atoms with Crippen molar-refractivity contribution in [1.29, 1.82) is 0 Å². The lowest BCUT2D eigenvalue weighted by Gasteiger charge is -2.13. The van der Waals surface area contributed by atoms with Crippen molar-refractivity contribution >= 4 is 11.7 Å². The minimum absolute atomic E-state index is 0.0213. The lowest BCUT2D eigenvalue weighted by atomic mass is 10.3. The van der Waals surface area contributed by atoms with Crippen LogP contribution in [0.5, 0.6) is 0 Å². The molecule has 0 saturated carbocycles. The SMILES string of the molecule is NC1CC(=O)N(c2cnccn2)C1. The van der Waals surface area contributed by atoms with Crippen LogP contribution in [0.25, 0.3) is 0 Å². The molecule has 1 unspecified atom stereocenters. The summed E-state index contributed by atoms with van der Waals surface area (Å²) in [5.74, 6) is 0.605. The highest BCUT2D eigenvalue weighted by Gasteiger charge is 2.28. The first-order valence-electron chi connectivity index (χ1n) is 4.09. The van der Waals surface area contributed by atoms with E-state index in [2.05, 4.69) is 9.97 Å². The summed E-state index contributed by atoms with van der Waals surface area (Å²) in [4.78, 5) is 20.9. The molecule has 5 nitrogen and oxygen atoms in total. The lowest BCUT2D eigenvalue weighted by molar-refractivity contribution is -0.117. The summed E-state index contributed by atoms with van der Waals surface area (Å²) in [5.41, 5.74) is 5.64. The summed E-state index contributed by atoms with van der Waals surface area (Å²) in [5, 5.41) is 0. The van der Waals surface area contributed by atoms with Gasteiger partial charge in [-0.25, -0.2) is 4.98 Å². The van der Waals surface area contributed by atoms with Crippen LogP contribution in [-0.2, 0) is 4.79 Å². The van der Waals surface area contributed by atoms with Gasteiger partial charge in [-0.1, -0.05) is 0 Å². The van der Waals surface area contributed by atoms with E-state index in [0.717, 1.165) is 0 Å². The minimum atomic E-state index is -0.0745. The number of carbonyl (C=O) groups excluding carboxylic acids is 1. The molecule has 0 bridgehead atoms. The maximum absolute atomic E-state index is 11.4. The second-order valence-electron chi connectivity index (χ2n) is 3.03. The molecule has 1 aliphatic rings. The second-order valence-corrected chi connectivity index (χ2v) is 3.03. The van der Waals surface area contributed by atoms with Gasteiger partial charge in [0.25, 0.3) is 0 Å². The van der Waals surface area contributed by atoms with Crippen LogP contribution in [0, 0.1) is 0 Å². The third-order valence-corrected chi connectivity index (χ3v) is 1.98. The van der Waals surface area contributed by atoms with Gasteiger partial charge in [0.2, 0.25) is 5.91 Å². The minimum Gasteiger partial charge on any atom is -0.326 e. The maximum Gasteiger partial charge on any atom is 0.229 e. The molecule has 0 radical (unpaired) electrons. The van der Waals surface area contributed by atoms with Crippen LogP contribution in [0.4, 0.5) is 5.82 Å². The molecular formula is C8H10N4O. The smallest absolute Gasteiger partial charge is 0.229 e. The molecule has 0 aliphatic carbocycles. The van der Waals surface area contributed by atoms with E-state index in [1.165, 1.54) is 0 Å². The van der Waals surface area contributed by atoms with Crippen LogP contribution < -0.4 is 10.6 Å². The Morgan fingerprint density at radius 2 is 2.38 bits per heavy atom. The van der Waals surface area contributed by atoms with E-state index in [-0.39, 0.29) is 11.9 Å². The van der Waals surface area contributed by atoms with E-state index < -0.39 is 0 Å². The summed E-state index contributed by atoms with van der Waals surface area (Å²) < 4.78 is 0. The van der Waals surface area contributed by atoms with Gasteiger partial charge in [0.05, 0.1) is 6.20 Å². The fraction of sp³-hybridized carbons (Fsp3) is 0.375. The van der Waals surface area contributed by atoms with E-state index in [0.29, 0.717) is 18.8 Å². The molecule has 1 saturated heterocycles. The van der Waals surface area contributed by atoms with Gasteiger partial charge >= 0.3 is 0 Å². The second kappa shape index (κ2) is 3.10. The van der Waals surface area contributed by atoms with Crippen molar-refractivity contribution in [2.75, 3.05) is 11.4 Å². The summed E-state index contributed by atoms with van der Waals surface area (Å²) in [7, 11) is 0. The molecule has 1 aromatic heterocycles. The molecule has 0 spiro atoms. The Morgan fingerprint density at radius 1 is 1.54 bits per heavy atom. The standard InChI is InChI=1S/C8H10N4O/c9-6-3-8(13)12(5-6)7-4-10-1-2-11-7/h1-2,4,6H,3,5,9H2. The zero-order chi connectivity index (χ0) is 9.26. The predicted molar refractivity (Wildman–Crippen MR) is 47.0 cm³/mol. The third kappa shape index (κ3) is 1.50. The normalized spacial score (nSPS) is 22.4. The molecule has 68 valence electrons. The van der Waals surface area contributed by atoms with Gasteiger partial charge < -0.3 is 5.73 Å². The van der Waals surface area contributed by atoms with Crippen molar-refractivity contribution in [3.63, 3.8) is 0 Å². The van der Waals surface area contributed by atoms with E-state index in [4.69, 9.17) is 5.73 Å². The van der Waals surface area contributed by atoms with Gasteiger partial charge in [-0.05, 0) is 0 Å². The average Bonchev–Trinajstić information content (AvgIpc) is 2.47. The highest BCUT2D eigenvalue weighted by atomic mass is 16.2. The van der Waals surface area contributed by atoms with E-state index in [1.54, 1.807) is 23.5 Å². The quantitative estimate of drug-likeness (QED) is 0.631. The van der Waals surface area contributed by atoms with E-state index in [1.807, 2.05) is 0 Å². The molecule has 2 N–H and O–H groups in total. The zero-order valence-corrected chi connectivity index (χ0v) is 7.05. The zero-order valence-electron chi connectivity index (χ0n) is 7.05. The number of nitrogens with zero attached hydrogens (tertiary/aromatic N) is 3. The number of hydrogen-bond acceptors (Lipinski definition) is 4. The first-order valence-corrected chi connectivity index (χ1v) is 4.09. The fourth-order valence-corrected chi connectivity index (χ4v) is 1.39. The van der Waals surface area contributed by atoms with Gasteiger partial charge in [-0.15, -0.1) is 0 Å². The molecule has 2 rings (SSSR count). The van der Waals surface area contributed by atoms with Gasteiger partial charge in [-0.2, -0.15) is 0 Å². The fourth-order valence-electron chi connectivity index (χ4n) is 1.39.